The van der Waals surface area contributed by atoms with Crippen LogP contribution in [0.3, 0.4) is 0 Å². The van der Waals surface area contributed by atoms with Gasteiger partial charge in [-0.3, -0.25) is 4.48 Å². The van der Waals surface area contributed by atoms with Crippen molar-refractivity contribution < 1.29 is 9.28 Å². The van der Waals surface area contributed by atoms with Gasteiger partial charge in [0.05, 0.1) is 20.6 Å². The third-order valence-electron chi connectivity index (χ3n) is 1.10. The van der Waals surface area contributed by atoms with Crippen molar-refractivity contribution >= 4 is 6.41 Å². The molecule has 0 aromatic rings. The maximum absolute atomic E-state index is 10.0. The summed E-state index contributed by atoms with van der Waals surface area (Å²) in [5.41, 5.74) is 0. The fourth-order valence-corrected chi connectivity index (χ4v) is 0.0745. The van der Waals surface area contributed by atoms with Gasteiger partial charge in [-0.05, 0) is 6.92 Å². The van der Waals surface area contributed by atoms with Crippen molar-refractivity contribution in [1.82, 2.24) is 0 Å². The van der Waals surface area contributed by atoms with Crippen LogP contribution in [0.5, 0.6) is 0 Å². The van der Waals surface area contributed by atoms with E-state index in [1.54, 1.807) is 0 Å². The maximum Gasteiger partial charge on any atom is 0.301 e. The molecule has 0 bridgehead atoms. The molecule has 0 heterocycles. The van der Waals surface area contributed by atoms with Gasteiger partial charge in [-0.15, -0.1) is 0 Å². The van der Waals surface area contributed by atoms with E-state index in [1.807, 2.05) is 21.0 Å². The van der Waals surface area contributed by atoms with Gasteiger partial charge >= 0.3 is 6.41 Å². The van der Waals surface area contributed by atoms with Crippen molar-refractivity contribution in [3.63, 3.8) is 0 Å². The van der Waals surface area contributed by atoms with Crippen molar-refractivity contribution in [2.75, 3.05) is 20.6 Å². The third kappa shape index (κ3) is 3.81. The minimum absolute atomic E-state index is 0. The van der Waals surface area contributed by atoms with Gasteiger partial charge in [-0.1, -0.05) is 7.43 Å². The molecule has 0 fully saturated rings. The summed E-state index contributed by atoms with van der Waals surface area (Å²) >= 11 is 0. The molecule has 0 spiro atoms. The van der Waals surface area contributed by atoms with Crippen LogP contribution < -0.4 is 0 Å². The maximum atomic E-state index is 10.0. The van der Waals surface area contributed by atoms with Crippen molar-refractivity contribution in [2.24, 2.45) is 0 Å². The lowest BCUT2D eigenvalue weighted by Crippen LogP contribution is -2.37. The van der Waals surface area contributed by atoms with Crippen molar-refractivity contribution in [3.05, 3.63) is 0 Å². The Labute approximate surface area is 51.7 Å². The molecular formula is C6H16NO+. The van der Waals surface area contributed by atoms with E-state index in [2.05, 4.69) is 0 Å². The van der Waals surface area contributed by atoms with E-state index in [-0.39, 0.29) is 7.43 Å². The molecule has 0 saturated heterocycles. The van der Waals surface area contributed by atoms with Crippen LogP contribution in [0.4, 0.5) is 0 Å². The highest BCUT2D eigenvalue weighted by Gasteiger charge is 2.06. The molecule has 1 amide bonds. The third-order valence-corrected chi connectivity index (χ3v) is 1.10. The number of amides is 1. The van der Waals surface area contributed by atoms with E-state index in [4.69, 9.17) is 0 Å². The molecule has 0 atom stereocenters. The molecule has 0 aliphatic rings. The number of rotatable bonds is 2. The van der Waals surface area contributed by atoms with Crippen LogP contribution in [-0.4, -0.2) is 31.5 Å². The van der Waals surface area contributed by atoms with Gasteiger partial charge in [0.15, 0.2) is 0 Å². The van der Waals surface area contributed by atoms with Gasteiger partial charge in [0, 0.05) is 0 Å². The largest absolute Gasteiger partial charge is 0.301 e. The van der Waals surface area contributed by atoms with Gasteiger partial charge in [0.1, 0.15) is 0 Å². The highest BCUT2D eigenvalue weighted by atomic mass is 16.1. The van der Waals surface area contributed by atoms with Crippen LogP contribution in [0, 0.1) is 0 Å². The van der Waals surface area contributed by atoms with Crippen LogP contribution >= 0.6 is 0 Å². The van der Waals surface area contributed by atoms with Gasteiger partial charge in [0.25, 0.3) is 0 Å². The Morgan fingerprint density at radius 2 is 1.88 bits per heavy atom. The lowest BCUT2D eigenvalue weighted by molar-refractivity contribution is -0.802. The lowest BCUT2D eigenvalue weighted by atomic mass is 10.6. The molecule has 0 radical (unpaired) electrons. The molecule has 0 aromatic carbocycles. The van der Waals surface area contributed by atoms with Gasteiger partial charge in [-0.25, -0.2) is 4.79 Å². The quantitative estimate of drug-likeness (QED) is 0.388. The molecule has 0 aromatic heterocycles. The van der Waals surface area contributed by atoms with E-state index >= 15 is 0 Å². The van der Waals surface area contributed by atoms with Crippen LogP contribution in [0.25, 0.3) is 0 Å². The zero-order valence-corrected chi connectivity index (χ0v) is 5.14. The number of nitrogens with zero attached hydrogens (tertiary/aromatic N) is 1. The zero-order valence-electron chi connectivity index (χ0n) is 5.14. The predicted molar refractivity (Wildman–Crippen MR) is 35.4 cm³/mol. The number of hydrogen-bond acceptors (Lipinski definition) is 1. The molecule has 0 saturated carbocycles. The number of quaternary nitrogens is 1. The molecule has 2 heteroatoms. The Morgan fingerprint density at radius 1 is 1.50 bits per heavy atom. The average Bonchev–Trinajstić information content (AvgIpc) is 1.68. The summed E-state index contributed by atoms with van der Waals surface area (Å²) in [5.74, 6) is 0. The molecule has 8 heavy (non-hydrogen) atoms. The molecule has 0 rings (SSSR count). The average molecular weight is 118 g/mol. The van der Waals surface area contributed by atoms with Crippen LogP contribution in [-0.2, 0) is 4.79 Å². The molecule has 50 valence electrons. The first kappa shape index (κ1) is 10.6. The molecule has 0 unspecified atom stereocenters. The highest BCUT2D eigenvalue weighted by molar-refractivity contribution is 5.36. The van der Waals surface area contributed by atoms with Gasteiger partial charge < -0.3 is 0 Å². The van der Waals surface area contributed by atoms with E-state index in [1.165, 1.54) is 0 Å². The molecule has 0 N–H and O–H groups in total. The minimum atomic E-state index is 0. The second kappa shape index (κ2) is 3.61. The normalized spacial score (nSPS) is 9.88. The zero-order chi connectivity index (χ0) is 5.91. The van der Waals surface area contributed by atoms with Crippen LogP contribution in [0.1, 0.15) is 14.4 Å². The van der Waals surface area contributed by atoms with Crippen LogP contribution in [0.15, 0.2) is 0 Å². The Balaban J connectivity index is 0. The van der Waals surface area contributed by atoms with Gasteiger partial charge in [-0.2, -0.15) is 0 Å². The van der Waals surface area contributed by atoms with Crippen LogP contribution in [0.2, 0.25) is 0 Å². The van der Waals surface area contributed by atoms with Crippen molar-refractivity contribution in [3.8, 4) is 0 Å². The molecule has 2 nitrogen and oxygen atoms in total. The Kier molecular flexibility index (Phi) is 4.77. The smallest absolute Gasteiger partial charge is 0.268 e. The molecule has 0 aliphatic heterocycles. The predicted octanol–water partition coefficient (Wildman–Crippen LogP) is 0.875. The monoisotopic (exact) mass is 118 g/mol. The lowest BCUT2D eigenvalue weighted by Gasteiger charge is -2.17. The van der Waals surface area contributed by atoms with E-state index in [0.717, 1.165) is 13.0 Å². The van der Waals surface area contributed by atoms with Crippen molar-refractivity contribution in [1.29, 1.82) is 0 Å². The summed E-state index contributed by atoms with van der Waals surface area (Å²) in [5, 5.41) is 0. The topological polar surface area (TPSA) is 17.1 Å². The molecular weight excluding hydrogens is 102 g/mol. The standard InChI is InChI=1S/C5H12NO.CH4/c1-4-6(2,3)5-7;/h5H,4H2,1-3H3;1H4/q+1;. The summed E-state index contributed by atoms with van der Waals surface area (Å²) in [6, 6.07) is 0. The van der Waals surface area contributed by atoms with E-state index < -0.39 is 0 Å². The molecule has 0 aliphatic carbocycles. The first-order valence-electron chi connectivity index (χ1n) is 2.41. The first-order chi connectivity index (χ1) is 3.12. The summed E-state index contributed by atoms with van der Waals surface area (Å²) in [4.78, 5) is 10.0. The second-order valence-corrected chi connectivity index (χ2v) is 2.20. The fraction of sp³-hybridized carbons (Fsp3) is 0.833. The summed E-state index contributed by atoms with van der Waals surface area (Å²) in [6.45, 7) is 2.85. The Bertz CT molecular complexity index is 68.9. The Morgan fingerprint density at radius 3 is 1.88 bits per heavy atom. The van der Waals surface area contributed by atoms with Crippen molar-refractivity contribution in [2.45, 2.75) is 14.4 Å². The highest BCUT2D eigenvalue weighted by Crippen LogP contribution is 1.85. The summed E-state index contributed by atoms with van der Waals surface area (Å²) in [6.07, 6.45) is 0.931. The van der Waals surface area contributed by atoms with E-state index in [9.17, 15) is 4.79 Å². The number of hydrogen-bond donors (Lipinski definition) is 0. The Hall–Kier alpha value is -0.370. The SMILES string of the molecule is C.CC[N+](C)(C)C=O. The minimum Gasteiger partial charge on any atom is -0.268 e. The second-order valence-electron chi connectivity index (χ2n) is 2.20. The summed E-state index contributed by atoms with van der Waals surface area (Å²) in [7, 11) is 3.74. The summed E-state index contributed by atoms with van der Waals surface area (Å²) < 4.78 is 0.458. The fourth-order valence-electron chi connectivity index (χ4n) is 0.0745. The van der Waals surface area contributed by atoms with E-state index in [0.29, 0.717) is 4.48 Å². The number of carbonyl (C=O) groups excluding carboxylic acids is 1. The van der Waals surface area contributed by atoms with Gasteiger partial charge in [0.2, 0.25) is 0 Å². The first-order valence-corrected chi connectivity index (χ1v) is 2.41. The number of carbonyl (C=O) groups is 1.